The maximum atomic E-state index is 10.6. The number of hydrogen-bond donors (Lipinski definition) is 2. The molecule has 88 valence electrons. The highest BCUT2D eigenvalue weighted by molar-refractivity contribution is 5.84. The van der Waals surface area contributed by atoms with Crippen LogP contribution in [0.4, 0.5) is 5.82 Å². The molecule has 0 aliphatic heterocycles. The molecule has 0 radical (unpaired) electrons. The number of aryl methyl sites for hydroxylation is 1. The number of anilines is 1. The second-order valence-electron chi connectivity index (χ2n) is 3.40. The van der Waals surface area contributed by atoms with E-state index in [-0.39, 0.29) is 5.69 Å². The van der Waals surface area contributed by atoms with Gasteiger partial charge in [-0.15, -0.1) is 0 Å². The van der Waals surface area contributed by atoms with E-state index in [1.54, 1.807) is 6.20 Å². The minimum atomic E-state index is -1.09. The standard InChI is InChI=1S/C10H11N5O2/c1-15-3-2-11-9(15)6-14-8-5-12-7(4-13-8)10(16)17/h2-5H,6H2,1H3,(H,13,14)(H,16,17). The summed E-state index contributed by atoms with van der Waals surface area (Å²) in [6.07, 6.45) is 6.14. The molecule has 2 heterocycles. The minimum absolute atomic E-state index is 0.0764. The number of carboxylic acids is 1. The van der Waals surface area contributed by atoms with Crippen molar-refractivity contribution in [3.63, 3.8) is 0 Å². The van der Waals surface area contributed by atoms with Gasteiger partial charge in [-0.25, -0.2) is 19.7 Å². The molecular weight excluding hydrogens is 222 g/mol. The molecular formula is C10H11N5O2. The smallest absolute Gasteiger partial charge is 0.356 e. The van der Waals surface area contributed by atoms with E-state index in [0.717, 1.165) is 5.82 Å². The van der Waals surface area contributed by atoms with Crippen LogP contribution in [0.15, 0.2) is 24.8 Å². The average Bonchev–Trinajstić information content (AvgIpc) is 2.73. The summed E-state index contributed by atoms with van der Waals surface area (Å²) in [5.41, 5.74) is -0.0764. The summed E-state index contributed by atoms with van der Waals surface area (Å²) >= 11 is 0. The average molecular weight is 233 g/mol. The lowest BCUT2D eigenvalue weighted by Crippen LogP contribution is -2.08. The quantitative estimate of drug-likeness (QED) is 0.799. The Labute approximate surface area is 97.2 Å². The molecule has 0 amide bonds. The van der Waals surface area contributed by atoms with Crippen molar-refractivity contribution in [2.75, 3.05) is 5.32 Å². The summed E-state index contributed by atoms with van der Waals surface area (Å²) in [4.78, 5) is 22.4. The number of hydrogen-bond acceptors (Lipinski definition) is 5. The molecule has 7 nitrogen and oxygen atoms in total. The molecule has 0 aromatic carbocycles. The molecule has 2 N–H and O–H groups in total. The first-order valence-electron chi connectivity index (χ1n) is 4.92. The van der Waals surface area contributed by atoms with Crippen molar-refractivity contribution in [1.82, 2.24) is 19.5 Å². The molecule has 0 fully saturated rings. The number of aromatic nitrogens is 4. The lowest BCUT2D eigenvalue weighted by atomic mass is 10.4. The summed E-state index contributed by atoms with van der Waals surface area (Å²) in [6, 6.07) is 0. The van der Waals surface area contributed by atoms with Gasteiger partial charge in [0.15, 0.2) is 5.69 Å². The highest BCUT2D eigenvalue weighted by Crippen LogP contribution is 2.03. The topological polar surface area (TPSA) is 92.9 Å². The van der Waals surface area contributed by atoms with Crippen molar-refractivity contribution in [2.24, 2.45) is 7.05 Å². The fourth-order valence-corrected chi connectivity index (χ4v) is 1.27. The van der Waals surface area contributed by atoms with Crippen LogP contribution in [0.3, 0.4) is 0 Å². The Morgan fingerprint density at radius 1 is 1.41 bits per heavy atom. The van der Waals surface area contributed by atoms with E-state index in [2.05, 4.69) is 20.3 Å². The lowest BCUT2D eigenvalue weighted by molar-refractivity contribution is 0.0690. The van der Waals surface area contributed by atoms with E-state index in [0.29, 0.717) is 12.4 Å². The minimum Gasteiger partial charge on any atom is -0.476 e. The monoisotopic (exact) mass is 233 g/mol. The third-order valence-corrected chi connectivity index (χ3v) is 2.22. The van der Waals surface area contributed by atoms with Crippen molar-refractivity contribution >= 4 is 11.8 Å². The van der Waals surface area contributed by atoms with Crippen molar-refractivity contribution in [2.45, 2.75) is 6.54 Å². The number of nitrogens with zero attached hydrogens (tertiary/aromatic N) is 4. The molecule has 0 aliphatic rings. The highest BCUT2D eigenvalue weighted by Gasteiger charge is 2.05. The molecule has 0 spiro atoms. The zero-order chi connectivity index (χ0) is 12.3. The Morgan fingerprint density at radius 2 is 2.24 bits per heavy atom. The zero-order valence-electron chi connectivity index (χ0n) is 9.16. The van der Waals surface area contributed by atoms with Gasteiger partial charge in [-0.05, 0) is 0 Å². The Morgan fingerprint density at radius 3 is 2.76 bits per heavy atom. The molecule has 2 aromatic rings. The highest BCUT2D eigenvalue weighted by atomic mass is 16.4. The van der Waals surface area contributed by atoms with E-state index in [1.807, 2.05) is 17.8 Å². The molecule has 0 aliphatic carbocycles. The summed E-state index contributed by atoms with van der Waals surface area (Å²) in [5.74, 6) is 0.278. The van der Waals surface area contributed by atoms with E-state index >= 15 is 0 Å². The number of aromatic carboxylic acids is 1. The van der Waals surface area contributed by atoms with Gasteiger partial charge in [-0.2, -0.15) is 0 Å². The van der Waals surface area contributed by atoms with Crippen LogP contribution in [0.1, 0.15) is 16.3 Å². The van der Waals surface area contributed by atoms with Gasteiger partial charge in [0, 0.05) is 19.4 Å². The van der Waals surface area contributed by atoms with Gasteiger partial charge in [0.25, 0.3) is 0 Å². The van der Waals surface area contributed by atoms with Crippen molar-refractivity contribution in [1.29, 1.82) is 0 Å². The second-order valence-corrected chi connectivity index (χ2v) is 3.40. The van der Waals surface area contributed by atoms with Gasteiger partial charge >= 0.3 is 5.97 Å². The Kier molecular flexibility index (Phi) is 2.99. The number of nitrogens with one attached hydrogen (secondary N) is 1. The van der Waals surface area contributed by atoms with Crippen LogP contribution in [0.5, 0.6) is 0 Å². The van der Waals surface area contributed by atoms with Crippen molar-refractivity contribution < 1.29 is 9.90 Å². The first-order chi connectivity index (χ1) is 8.16. The molecule has 0 atom stereocenters. The van der Waals surface area contributed by atoms with Crippen LogP contribution in [-0.2, 0) is 13.6 Å². The third-order valence-electron chi connectivity index (χ3n) is 2.22. The Balaban J connectivity index is 2.00. The van der Waals surface area contributed by atoms with E-state index < -0.39 is 5.97 Å². The van der Waals surface area contributed by atoms with E-state index in [1.165, 1.54) is 12.4 Å². The zero-order valence-corrected chi connectivity index (χ0v) is 9.16. The van der Waals surface area contributed by atoms with Gasteiger partial charge in [0.05, 0.1) is 18.9 Å². The maximum absolute atomic E-state index is 10.6. The largest absolute Gasteiger partial charge is 0.476 e. The fraction of sp³-hybridized carbons (Fsp3) is 0.200. The molecule has 0 unspecified atom stereocenters. The van der Waals surface area contributed by atoms with Crippen LogP contribution in [0, 0.1) is 0 Å². The number of carboxylic acid groups (broad SMARTS) is 1. The van der Waals surface area contributed by atoms with Gasteiger partial charge in [-0.3, -0.25) is 0 Å². The first-order valence-corrected chi connectivity index (χ1v) is 4.92. The summed E-state index contributed by atoms with van der Waals surface area (Å²) in [7, 11) is 1.89. The van der Waals surface area contributed by atoms with Crippen LogP contribution in [0.2, 0.25) is 0 Å². The van der Waals surface area contributed by atoms with Gasteiger partial charge < -0.3 is 15.0 Å². The van der Waals surface area contributed by atoms with E-state index in [4.69, 9.17) is 5.11 Å². The Bertz CT molecular complexity index is 520. The molecule has 7 heteroatoms. The Hall–Kier alpha value is -2.44. The van der Waals surface area contributed by atoms with Gasteiger partial charge in [-0.1, -0.05) is 0 Å². The predicted molar refractivity (Wildman–Crippen MR) is 59.5 cm³/mol. The van der Waals surface area contributed by atoms with E-state index in [9.17, 15) is 4.79 Å². The van der Waals surface area contributed by atoms with Gasteiger partial charge in [0.1, 0.15) is 11.6 Å². The van der Waals surface area contributed by atoms with Crippen LogP contribution in [0.25, 0.3) is 0 Å². The number of carbonyl (C=O) groups is 1. The normalized spacial score (nSPS) is 10.2. The van der Waals surface area contributed by atoms with Gasteiger partial charge in [0.2, 0.25) is 0 Å². The first kappa shape index (κ1) is 11.1. The van der Waals surface area contributed by atoms with Crippen LogP contribution < -0.4 is 5.32 Å². The van der Waals surface area contributed by atoms with Crippen LogP contribution >= 0.6 is 0 Å². The predicted octanol–water partition coefficient (Wildman–Crippen LogP) is 0.520. The summed E-state index contributed by atoms with van der Waals surface area (Å²) < 4.78 is 1.88. The molecule has 2 aromatic heterocycles. The molecule has 17 heavy (non-hydrogen) atoms. The molecule has 0 bridgehead atoms. The molecule has 2 rings (SSSR count). The third kappa shape index (κ3) is 2.57. The summed E-state index contributed by atoms with van der Waals surface area (Å²) in [6.45, 7) is 0.505. The fourth-order valence-electron chi connectivity index (χ4n) is 1.27. The second kappa shape index (κ2) is 4.60. The maximum Gasteiger partial charge on any atom is 0.356 e. The SMILES string of the molecule is Cn1ccnc1CNc1cnc(C(=O)O)cn1. The lowest BCUT2D eigenvalue weighted by Gasteiger charge is -2.05. The molecule has 0 saturated heterocycles. The van der Waals surface area contributed by atoms with Crippen molar-refractivity contribution in [3.05, 3.63) is 36.3 Å². The summed E-state index contributed by atoms with van der Waals surface area (Å²) in [5, 5.41) is 11.7. The van der Waals surface area contributed by atoms with Crippen molar-refractivity contribution in [3.8, 4) is 0 Å². The number of imidazole rings is 1. The number of rotatable bonds is 4. The molecule has 0 saturated carbocycles. The van der Waals surface area contributed by atoms with Crippen LogP contribution in [-0.4, -0.2) is 30.6 Å².